The van der Waals surface area contributed by atoms with Crippen molar-refractivity contribution in [2.75, 3.05) is 6.61 Å². The van der Waals surface area contributed by atoms with Gasteiger partial charge < -0.3 is 9.84 Å². The van der Waals surface area contributed by atoms with Crippen LogP contribution in [0, 0.1) is 39.4 Å². The van der Waals surface area contributed by atoms with Gasteiger partial charge in [-0.15, -0.1) is 0 Å². The number of fused-ring (bicyclic) bond motifs is 5. The van der Waals surface area contributed by atoms with Crippen LogP contribution >= 0.6 is 0 Å². The van der Waals surface area contributed by atoms with E-state index >= 15 is 0 Å². The average molecular weight is 441 g/mol. The van der Waals surface area contributed by atoms with E-state index in [9.17, 15) is 23.1 Å². The molecule has 31 heavy (non-hydrogen) atoms. The summed E-state index contributed by atoms with van der Waals surface area (Å²) in [6, 6.07) is 0. The normalized spacial score (nSPS) is 47.6. The van der Waals surface area contributed by atoms with Gasteiger partial charge in [0.15, 0.2) is 12.4 Å². The number of allylic oxidation sites excluding steroid dienone is 3. The predicted molar refractivity (Wildman–Crippen MR) is 112 cm³/mol. The zero-order valence-corrected chi connectivity index (χ0v) is 19.2. The fourth-order valence-electron chi connectivity index (χ4n) is 8.12. The highest BCUT2D eigenvalue weighted by atomic mass is 19.4. The number of hydrogen-bond acceptors (Lipinski definition) is 3. The standard InChI is InChI=1S/C25H35F3O3/c1-21(2)18-12-15(13-31-14-25(26,27)28)24(5)16-6-7-20(30)23(16,4)10-8-17(24)22(18,3)11-9-19(21)29/h6-7,13,16-19,29H,8-12,14H2,1-5H3/b15-13+/t16-,17+,18+,19+,22-,23-,24+/m1/s1. The van der Waals surface area contributed by atoms with Gasteiger partial charge in [-0.1, -0.05) is 40.7 Å². The molecule has 4 rings (SSSR count). The molecule has 0 aromatic carbocycles. The van der Waals surface area contributed by atoms with Crippen molar-refractivity contribution in [2.45, 2.75) is 79.0 Å². The highest BCUT2D eigenvalue weighted by Crippen LogP contribution is 2.73. The lowest BCUT2D eigenvalue weighted by atomic mass is 9.36. The summed E-state index contributed by atoms with van der Waals surface area (Å²) < 4.78 is 43.6. The fourth-order valence-corrected chi connectivity index (χ4v) is 8.12. The first-order valence-electron chi connectivity index (χ1n) is 11.5. The van der Waals surface area contributed by atoms with E-state index in [1.807, 2.05) is 13.0 Å². The molecule has 3 saturated carbocycles. The minimum absolute atomic E-state index is 0.0558. The molecule has 3 fully saturated rings. The number of carbonyl (C=O) groups is 1. The molecule has 4 aliphatic carbocycles. The Balaban J connectivity index is 1.82. The molecule has 0 saturated heterocycles. The second kappa shape index (κ2) is 6.85. The molecule has 0 radical (unpaired) electrons. The smallest absolute Gasteiger partial charge is 0.422 e. The van der Waals surface area contributed by atoms with Crippen molar-refractivity contribution in [1.29, 1.82) is 0 Å². The van der Waals surface area contributed by atoms with Crippen LogP contribution in [-0.4, -0.2) is 29.8 Å². The molecule has 0 bridgehead atoms. The Hall–Kier alpha value is -1.30. The number of carbonyl (C=O) groups excluding carboxylic acids is 1. The molecule has 0 aliphatic heterocycles. The maximum atomic E-state index is 12.8. The summed E-state index contributed by atoms with van der Waals surface area (Å²) in [4.78, 5) is 12.8. The molecular weight excluding hydrogens is 405 g/mol. The maximum Gasteiger partial charge on any atom is 0.422 e. The van der Waals surface area contributed by atoms with Crippen LogP contribution in [0.5, 0.6) is 0 Å². The van der Waals surface area contributed by atoms with Crippen LogP contribution in [0.3, 0.4) is 0 Å². The lowest BCUT2D eigenvalue weighted by Crippen LogP contribution is -2.63. The van der Waals surface area contributed by atoms with Gasteiger partial charge in [-0.2, -0.15) is 13.2 Å². The third kappa shape index (κ3) is 3.14. The van der Waals surface area contributed by atoms with Gasteiger partial charge in [0.1, 0.15) is 0 Å². The van der Waals surface area contributed by atoms with Crippen molar-refractivity contribution < 1.29 is 27.8 Å². The number of aliphatic hydroxyl groups is 1. The highest BCUT2D eigenvalue weighted by molar-refractivity contribution is 5.97. The minimum atomic E-state index is -4.40. The number of alkyl halides is 3. The highest BCUT2D eigenvalue weighted by Gasteiger charge is 2.68. The Morgan fingerprint density at radius 2 is 1.81 bits per heavy atom. The molecule has 1 N–H and O–H groups in total. The summed E-state index contributed by atoms with van der Waals surface area (Å²) in [5.41, 5.74) is -0.507. The first-order chi connectivity index (χ1) is 14.2. The first kappa shape index (κ1) is 22.9. The van der Waals surface area contributed by atoms with Crippen LogP contribution in [0.25, 0.3) is 0 Å². The summed E-state index contributed by atoms with van der Waals surface area (Å²) in [5, 5.41) is 10.8. The van der Waals surface area contributed by atoms with E-state index in [-0.39, 0.29) is 34.4 Å². The Bertz CT molecular complexity index is 828. The number of rotatable bonds is 2. The van der Waals surface area contributed by atoms with Crippen molar-refractivity contribution in [1.82, 2.24) is 0 Å². The topological polar surface area (TPSA) is 46.5 Å². The van der Waals surface area contributed by atoms with E-state index in [0.29, 0.717) is 6.42 Å². The second-order valence-corrected chi connectivity index (χ2v) is 11.7. The molecule has 3 nitrogen and oxygen atoms in total. The maximum absolute atomic E-state index is 12.8. The van der Waals surface area contributed by atoms with E-state index in [0.717, 1.165) is 31.3 Å². The Morgan fingerprint density at radius 3 is 2.45 bits per heavy atom. The van der Waals surface area contributed by atoms with Crippen molar-refractivity contribution in [3.8, 4) is 0 Å². The molecule has 4 aliphatic rings. The number of halogens is 3. The van der Waals surface area contributed by atoms with Crippen LogP contribution in [0.2, 0.25) is 0 Å². The van der Waals surface area contributed by atoms with Gasteiger partial charge in [0.2, 0.25) is 0 Å². The van der Waals surface area contributed by atoms with Crippen LogP contribution in [-0.2, 0) is 9.53 Å². The molecule has 0 unspecified atom stereocenters. The molecule has 6 heteroatoms. The van der Waals surface area contributed by atoms with Gasteiger partial charge in [0.25, 0.3) is 0 Å². The van der Waals surface area contributed by atoms with Gasteiger partial charge in [0.05, 0.1) is 12.4 Å². The summed E-state index contributed by atoms with van der Waals surface area (Å²) >= 11 is 0. The summed E-state index contributed by atoms with van der Waals surface area (Å²) in [7, 11) is 0. The molecule has 174 valence electrons. The minimum Gasteiger partial charge on any atom is -0.492 e. The van der Waals surface area contributed by atoms with Crippen molar-refractivity contribution in [3.63, 3.8) is 0 Å². The van der Waals surface area contributed by atoms with Gasteiger partial charge in [-0.25, -0.2) is 0 Å². The van der Waals surface area contributed by atoms with Gasteiger partial charge in [-0.05, 0) is 72.3 Å². The van der Waals surface area contributed by atoms with E-state index in [4.69, 9.17) is 4.74 Å². The van der Waals surface area contributed by atoms with Gasteiger partial charge >= 0.3 is 6.18 Å². The lowest BCUT2D eigenvalue weighted by Gasteiger charge is -2.68. The second-order valence-electron chi connectivity index (χ2n) is 11.7. The predicted octanol–water partition coefficient (Wildman–Crippen LogP) is 5.83. The largest absolute Gasteiger partial charge is 0.492 e. The Labute approximate surface area is 183 Å². The van der Waals surface area contributed by atoms with Crippen molar-refractivity contribution in [2.24, 2.45) is 39.4 Å². The summed E-state index contributed by atoms with van der Waals surface area (Å²) in [6.45, 7) is 9.32. The summed E-state index contributed by atoms with van der Waals surface area (Å²) in [5.74, 6) is 0.409. The third-order valence-electron chi connectivity index (χ3n) is 9.91. The lowest BCUT2D eigenvalue weighted by molar-refractivity contribution is -0.184. The van der Waals surface area contributed by atoms with Crippen molar-refractivity contribution >= 4 is 5.78 Å². The zero-order valence-electron chi connectivity index (χ0n) is 19.2. The van der Waals surface area contributed by atoms with Crippen LogP contribution in [0.15, 0.2) is 24.0 Å². The zero-order chi connectivity index (χ0) is 23.0. The number of aliphatic hydroxyl groups excluding tert-OH is 1. The van der Waals surface area contributed by atoms with Crippen LogP contribution in [0.1, 0.15) is 66.7 Å². The van der Waals surface area contributed by atoms with Crippen LogP contribution in [0.4, 0.5) is 13.2 Å². The van der Waals surface area contributed by atoms with Crippen LogP contribution < -0.4 is 0 Å². The number of hydrogen-bond donors (Lipinski definition) is 1. The fraction of sp³-hybridized carbons (Fsp3) is 0.800. The molecule has 0 spiro atoms. The Kier molecular flexibility index (Phi) is 5.06. The molecule has 0 aromatic rings. The van der Waals surface area contributed by atoms with E-state index < -0.39 is 29.7 Å². The number of ketones is 1. The Morgan fingerprint density at radius 1 is 1.13 bits per heavy atom. The van der Waals surface area contributed by atoms with E-state index in [2.05, 4.69) is 27.7 Å². The molecule has 0 amide bonds. The molecule has 7 atom stereocenters. The molecule has 0 aromatic heterocycles. The van der Waals surface area contributed by atoms with E-state index in [1.54, 1.807) is 6.08 Å². The molecular formula is C25H35F3O3. The SMILES string of the molecule is CC1(C)[C@@H](O)CC[C@@]2(C)[C@H]1C/C(=C\OCC(F)(F)F)[C@]1(C)[C@H]2CC[C@@]2(C)C(=O)C=C[C@@H]12. The number of ether oxygens (including phenoxy) is 1. The summed E-state index contributed by atoms with van der Waals surface area (Å²) in [6.07, 6.45) is 4.03. The average Bonchev–Trinajstić information content (AvgIpc) is 2.95. The first-order valence-corrected chi connectivity index (χ1v) is 11.5. The molecule has 0 heterocycles. The van der Waals surface area contributed by atoms with Crippen molar-refractivity contribution in [3.05, 3.63) is 24.0 Å². The monoisotopic (exact) mass is 440 g/mol. The van der Waals surface area contributed by atoms with Gasteiger partial charge in [0, 0.05) is 10.8 Å². The van der Waals surface area contributed by atoms with E-state index in [1.165, 1.54) is 6.26 Å². The third-order valence-corrected chi connectivity index (χ3v) is 9.91. The quantitative estimate of drug-likeness (QED) is 0.549. The van der Waals surface area contributed by atoms with Gasteiger partial charge in [-0.3, -0.25) is 4.79 Å².